The first-order chi connectivity index (χ1) is 50.8. The number of rotatable bonds is 12. The van der Waals surface area contributed by atoms with Gasteiger partial charge in [0.05, 0.1) is 41.1 Å². The SMILES string of the molecule is CSC12CCCCC1(C)N(c1ccccc1)c1ccc(-c3cc(-c4ccc5c(c4)C4(SC)CCCCC4(C)N5c4ccccc4)c4ccc5c(-c6ccc7c(c6)C6(SC)CCCCC6(C)N7c6ccccc6)cc(-c6ccc7c(c6)C6(SC)CCCCC6(C)N7c6ccccc6)c6ccc3c4c65)cc12. The van der Waals surface area contributed by atoms with Crippen molar-refractivity contribution in [3.63, 3.8) is 0 Å². The summed E-state index contributed by atoms with van der Waals surface area (Å²) >= 11 is 8.43. The van der Waals surface area contributed by atoms with Crippen molar-refractivity contribution in [2.75, 3.05) is 44.6 Å². The van der Waals surface area contributed by atoms with Gasteiger partial charge in [0.2, 0.25) is 0 Å². The lowest BCUT2D eigenvalue weighted by Gasteiger charge is -2.51. The maximum atomic E-state index is 2.76. The highest BCUT2D eigenvalue weighted by atomic mass is 32.2. The van der Waals surface area contributed by atoms with Crippen LogP contribution in [0.5, 0.6) is 0 Å². The van der Waals surface area contributed by atoms with Gasteiger partial charge in [-0.2, -0.15) is 47.0 Å². The smallest absolute Gasteiger partial charge is 0.0658 e. The number of hydrogen-bond acceptors (Lipinski definition) is 8. The predicted octanol–water partition coefficient (Wildman–Crippen LogP) is 27.4. The van der Waals surface area contributed by atoms with Crippen molar-refractivity contribution in [3.05, 3.63) is 253 Å². The molecule has 0 radical (unpaired) electrons. The summed E-state index contributed by atoms with van der Waals surface area (Å²) in [5.41, 5.74) is 26.6. The summed E-state index contributed by atoms with van der Waals surface area (Å²) in [5, 5.41) is 8.02. The first kappa shape index (κ1) is 65.8. The molecule has 0 saturated heterocycles. The molecule has 12 aromatic rings. The van der Waals surface area contributed by atoms with Crippen LogP contribution in [0.4, 0.5) is 45.5 Å². The Kier molecular flexibility index (Phi) is 15.1. The Morgan fingerprint density at radius 1 is 0.240 bits per heavy atom. The van der Waals surface area contributed by atoms with Crippen LogP contribution in [0.25, 0.3) is 76.8 Å². The zero-order valence-electron chi connectivity index (χ0n) is 61.7. The van der Waals surface area contributed by atoms with E-state index in [1.807, 2.05) is 0 Å². The van der Waals surface area contributed by atoms with E-state index < -0.39 is 0 Å². The number of anilines is 8. The van der Waals surface area contributed by atoms with Gasteiger partial charge >= 0.3 is 0 Å². The third-order valence-electron chi connectivity index (χ3n) is 28.5. The maximum Gasteiger partial charge on any atom is 0.0658 e. The highest BCUT2D eigenvalue weighted by molar-refractivity contribution is 8.00. The zero-order chi connectivity index (χ0) is 70.3. The second-order valence-electron chi connectivity index (χ2n) is 32.7. The molecule has 0 amide bonds. The van der Waals surface area contributed by atoms with Crippen LogP contribution >= 0.6 is 47.0 Å². The van der Waals surface area contributed by atoms with Crippen molar-refractivity contribution >= 4 is 125 Å². The molecule has 0 N–H and O–H groups in total. The fourth-order valence-electron chi connectivity index (χ4n) is 23.8. The molecule has 8 heteroatoms. The van der Waals surface area contributed by atoms with Crippen LogP contribution < -0.4 is 19.6 Å². The Bertz CT molecular complexity index is 4770. The largest absolute Gasteiger partial charge is 0.334 e. The molecule has 0 spiro atoms. The summed E-state index contributed by atoms with van der Waals surface area (Å²) in [6.07, 6.45) is 28.7. The molecule has 4 heterocycles. The maximum absolute atomic E-state index is 2.76. The molecule has 0 aromatic heterocycles. The Balaban J connectivity index is 0.886. The highest BCUT2D eigenvalue weighted by Crippen LogP contribution is 2.71. The average Bonchev–Trinajstić information content (AvgIpc) is 1.49. The molecule has 20 rings (SSSR count). The highest BCUT2D eigenvalue weighted by Gasteiger charge is 2.64. The van der Waals surface area contributed by atoms with Gasteiger partial charge in [0.1, 0.15) is 0 Å². The molecule has 522 valence electrons. The van der Waals surface area contributed by atoms with Crippen molar-refractivity contribution in [2.24, 2.45) is 0 Å². The first-order valence-corrected chi connectivity index (χ1v) is 43.7. The zero-order valence-corrected chi connectivity index (χ0v) is 64.9. The lowest BCUT2D eigenvalue weighted by atomic mass is 9.71. The number of hydrogen-bond donors (Lipinski definition) is 0. The fraction of sp³-hybridized carbons (Fsp3) is 0.333. The number of para-hydroxylation sites is 4. The number of benzene rings is 12. The topological polar surface area (TPSA) is 13.0 Å². The fourth-order valence-corrected chi connectivity index (χ4v) is 29.2. The van der Waals surface area contributed by atoms with E-state index in [0.717, 1.165) is 51.4 Å². The van der Waals surface area contributed by atoms with Crippen molar-refractivity contribution in [2.45, 2.75) is 172 Å². The van der Waals surface area contributed by atoms with E-state index in [1.165, 1.54) is 196 Å². The van der Waals surface area contributed by atoms with Crippen LogP contribution in [-0.2, 0) is 19.0 Å². The van der Waals surface area contributed by atoms with Crippen LogP contribution in [-0.4, -0.2) is 47.2 Å². The van der Waals surface area contributed by atoms with Gasteiger partial charge in [-0.25, -0.2) is 0 Å². The number of nitrogens with zero attached hydrogens (tertiary/aromatic N) is 4. The minimum absolute atomic E-state index is 0.0952. The van der Waals surface area contributed by atoms with Gasteiger partial charge in [-0.1, -0.05) is 173 Å². The lowest BCUT2D eigenvalue weighted by molar-refractivity contribution is 0.262. The Labute approximate surface area is 633 Å². The third-order valence-corrected chi connectivity index (χ3v) is 34.8. The molecular weight excluding hydrogens is 1340 g/mol. The molecule has 8 atom stereocenters. The Hall–Kier alpha value is -7.72. The normalized spacial score (nSPS) is 28.0. The van der Waals surface area contributed by atoms with Crippen LogP contribution in [0.3, 0.4) is 0 Å². The van der Waals surface area contributed by atoms with Crippen molar-refractivity contribution in [1.82, 2.24) is 0 Å². The first-order valence-electron chi connectivity index (χ1n) is 38.8. The van der Waals surface area contributed by atoms with Crippen molar-refractivity contribution in [3.8, 4) is 44.5 Å². The molecule has 104 heavy (non-hydrogen) atoms. The molecule has 4 aliphatic carbocycles. The van der Waals surface area contributed by atoms with Crippen molar-refractivity contribution < 1.29 is 0 Å². The minimum Gasteiger partial charge on any atom is -0.334 e. The monoisotopic (exact) mass is 1430 g/mol. The molecule has 12 aromatic carbocycles. The molecule has 4 nitrogen and oxygen atoms in total. The van der Waals surface area contributed by atoms with Gasteiger partial charge in [-0.05, 0) is 312 Å². The van der Waals surface area contributed by atoms with Gasteiger partial charge in [0, 0.05) is 45.5 Å². The van der Waals surface area contributed by atoms with Gasteiger partial charge in [0.15, 0.2) is 0 Å². The molecule has 4 fully saturated rings. The minimum atomic E-state index is -0.0998. The van der Waals surface area contributed by atoms with Gasteiger partial charge in [0.25, 0.3) is 0 Å². The van der Waals surface area contributed by atoms with Gasteiger partial charge in [-0.15, -0.1) is 0 Å². The molecule has 4 saturated carbocycles. The summed E-state index contributed by atoms with van der Waals surface area (Å²) in [6, 6.07) is 91.9. The van der Waals surface area contributed by atoms with E-state index in [9.17, 15) is 0 Å². The second-order valence-corrected chi connectivity index (χ2v) is 37.1. The number of fused-ring (bicyclic) bond motifs is 12. The van der Waals surface area contributed by atoms with E-state index in [1.54, 1.807) is 0 Å². The molecule has 8 aliphatic rings. The quantitative estimate of drug-likeness (QED) is 0.111. The third kappa shape index (κ3) is 8.52. The molecule has 8 unspecified atom stereocenters. The van der Waals surface area contributed by atoms with E-state index in [0.29, 0.717) is 0 Å². The molecular formula is C96H94N4S4. The Morgan fingerprint density at radius 3 is 0.663 bits per heavy atom. The second kappa shape index (κ2) is 23.9. The molecule has 4 aliphatic heterocycles. The summed E-state index contributed by atoms with van der Waals surface area (Å²) in [5.74, 6) is 0. The summed E-state index contributed by atoms with van der Waals surface area (Å²) in [7, 11) is 0. The summed E-state index contributed by atoms with van der Waals surface area (Å²) in [4.78, 5) is 11.0. The van der Waals surface area contributed by atoms with Crippen LogP contribution in [0.15, 0.2) is 231 Å². The summed E-state index contributed by atoms with van der Waals surface area (Å²) < 4.78 is -0.381. The van der Waals surface area contributed by atoms with E-state index >= 15 is 0 Å². The average molecular weight is 1430 g/mol. The molecule has 0 bridgehead atoms. The van der Waals surface area contributed by atoms with E-state index in [2.05, 4.69) is 350 Å². The van der Waals surface area contributed by atoms with Crippen molar-refractivity contribution in [1.29, 1.82) is 0 Å². The van der Waals surface area contributed by atoms with Crippen LogP contribution in [0.2, 0.25) is 0 Å². The Morgan fingerprint density at radius 2 is 0.452 bits per heavy atom. The predicted molar refractivity (Wildman–Crippen MR) is 454 cm³/mol. The van der Waals surface area contributed by atoms with Gasteiger partial charge in [-0.3, -0.25) is 0 Å². The summed E-state index contributed by atoms with van der Waals surface area (Å²) in [6.45, 7) is 10.4. The lowest BCUT2D eigenvalue weighted by Crippen LogP contribution is -2.54. The number of thioether (sulfide) groups is 4. The van der Waals surface area contributed by atoms with Crippen LogP contribution in [0, 0.1) is 0 Å². The van der Waals surface area contributed by atoms with E-state index in [-0.39, 0.29) is 41.1 Å². The van der Waals surface area contributed by atoms with Crippen LogP contribution in [0.1, 0.15) is 153 Å². The standard InChI is InChI=1S/C96H94N4S4/c1-89-49-21-25-53-93(89,101-5)79-57-63(37-45-83(79)97(89)67-29-13-9-14-30-67)75-61-76(64-38-46-84-80(58-64)94(102-6)54-26-22-50-90(94,2)98(84)68-31-15-10-16-32-68)72-43-44-74-78(66-40-48-86-82(60-66)96(104-8)56-28-24-52-92(96,4)100(86)70-35-19-12-20-36-70)62-77(73-42-41-71(75)87(72)88(73)74)65-39-47-85-81(59-65)95(103-7)55-27-23-51-91(95,3)99(85)69-33-17-11-18-34-69/h9-20,29-48,57-62H,21-28,49-56H2,1-8H3. The van der Waals surface area contributed by atoms with Gasteiger partial charge < -0.3 is 19.6 Å². The van der Waals surface area contributed by atoms with E-state index in [4.69, 9.17) is 0 Å².